The molecule has 0 saturated carbocycles. The van der Waals surface area contributed by atoms with E-state index < -0.39 is 23.5 Å². The van der Waals surface area contributed by atoms with Crippen molar-refractivity contribution in [3.63, 3.8) is 0 Å². The minimum Gasteiger partial charge on any atom is -0.271 e. The minimum atomic E-state index is -1.21. The number of halogens is 3. The Hall–Kier alpha value is -1.07. The van der Waals surface area contributed by atoms with Crippen molar-refractivity contribution in [3.8, 4) is 0 Å². The summed E-state index contributed by atoms with van der Waals surface area (Å²) in [5.41, 5.74) is 2.08. The summed E-state index contributed by atoms with van der Waals surface area (Å²) in [5, 5.41) is 0. The number of benzene rings is 1. The molecule has 1 aromatic rings. The quantitative estimate of drug-likeness (QED) is 0.422. The molecule has 0 radical (unpaired) electrons. The van der Waals surface area contributed by atoms with E-state index in [0.717, 1.165) is 6.07 Å². The molecule has 3 N–H and O–H groups in total. The third kappa shape index (κ3) is 1.99. The third-order valence-corrected chi connectivity index (χ3v) is 1.74. The predicted molar refractivity (Wildman–Crippen MR) is 42.1 cm³/mol. The van der Waals surface area contributed by atoms with E-state index in [1.165, 1.54) is 6.92 Å². The molecule has 1 unspecified atom stereocenters. The maximum absolute atomic E-state index is 13.0. The molecule has 0 bridgehead atoms. The molecule has 0 aliphatic carbocycles. The molecule has 2 nitrogen and oxygen atoms in total. The van der Waals surface area contributed by atoms with E-state index in [4.69, 9.17) is 5.84 Å². The van der Waals surface area contributed by atoms with Gasteiger partial charge in [0.1, 0.15) is 5.82 Å². The van der Waals surface area contributed by atoms with Crippen LogP contribution in [0.2, 0.25) is 0 Å². The average molecular weight is 190 g/mol. The van der Waals surface area contributed by atoms with E-state index in [1.54, 1.807) is 0 Å². The Morgan fingerprint density at radius 2 is 1.92 bits per heavy atom. The van der Waals surface area contributed by atoms with E-state index in [2.05, 4.69) is 5.43 Å². The van der Waals surface area contributed by atoms with Gasteiger partial charge in [0.15, 0.2) is 11.6 Å². The van der Waals surface area contributed by atoms with Gasteiger partial charge in [0, 0.05) is 17.7 Å². The van der Waals surface area contributed by atoms with Crippen molar-refractivity contribution in [2.24, 2.45) is 5.84 Å². The summed E-state index contributed by atoms with van der Waals surface area (Å²) < 4.78 is 38.3. The Morgan fingerprint density at radius 1 is 1.31 bits per heavy atom. The largest absolute Gasteiger partial charge is 0.271 e. The average Bonchev–Trinajstić information content (AvgIpc) is 2.10. The second kappa shape index (κ2) is 3.76. The van der Waals surface area contributed by atoms with Crippen LogP contribution in [0.4, 0.5) is 13.2 Å². The highest BCUT2D eigenvalue weighted by atomic mass is 19.2. The third-order valence-electron chi connectivity index (χ3n) is 1.74. The molecule has 0 saturated heterocycles. The first kappa shape index (κ1) is 10.0. The summed E-state index contributed by atoms with van der Waals surface area (Å²) >= 11 is 0. The molecule has 0 spiro atoms. The first-order valence-electron chi connectivity index (χ1n) is 3.67. The van der Waals surface area contributed by atoms with Gasteiger partial charge in [0.2, 0.25) is 0 Å². The van der Waals surface area contributed by atoms with Crippen molar-refractivity contribution in [2.75, 3.05) is 0 Å². The molecule has 0 aliphatic heterocycles. The van der Waals surface area contributed by atoms with Gasteiger partial charge in [-0.1, -0.05) is 0 Å². The number of hydrazine groups is 1. The number of hydrogen-bond donors (Lipinski definition) is 2. The van der Waals surface area contributed by atoms with Gasteiger partial charge in [-0.15, -0.1) is 0 Å². The van der Waals surface area contributed by atoms with E-state index in [0.29, 0.717) is 6.07 Å². The molecule has 0 heterocycles. The standard InChI is InChI=1S/C8H9F3N2/c1-4(13-12)6-2-5(9)3-7(10)8(6)11/h2-4,13H,12H2,1H3. The molecule has 0 aromatic heterocycles. The highest BCUT2D eigenvalue weighted by Crippen LogP contribution is 2.19. The second-order valence-electron chi connectivity index (χ2n) is 2.68. The normalized spacial score (nSPS) is 13.0. The lowest BCUT2D eigenvalue weighted by atomic mass is 10.1. The topological polar surface area (TPSA) is 38.0 Å². The number of nitrogens with one attached hydrogen (secondary N) is 1. The molecular formula is C8H9F3N2. The fraction of sp³-hybridized carbons (Fsp3) is 0.250. The van der Waals surface area contributed by atoms with Gasteiger partial charge in [-0.3, -0.25) is 11.3 Å². The fourth-order valence-electron chi connectivity index (χ4n) is 0.981. The van der Waals surface area contributed by atoms with Crippen LogP contribution in [0, 0.1) is 17.5 Å². The summed E-state index contributed by atoms with van der Waals surface area (Å²) in [6.45, 7) is 1.50. The van der Waals surface area contributed by atoms with Gasteiger partial charge in [-0.05, 0) is 13.0 Å². The van der Waals surface area contributed by atoms with E-state index in [9.17, 15) is 13.2 Å². The fourth-order valence-corrected chi connectivity index (χ4v) is 0.981. The minimum absolute atomic E-state index is 0.125. The summed E-state index contributed by atoms with van der Waals surface area (Å²) in [6.07, 6.45) is 0. The predicted octanol–water partition coefficient (Wildman–Crippen LogP) is 1.63. The highest BCUT2D eigenvalue weighted by Gasteiger charge is 2.15. The molecule has 72 valence electrons. The van der Waals surface area contributed by atoms with E-state index in [1.807, 2.05) is 0 Å². The van der Waals surface area contributed by atoms with E-state index >= 15 is 0 Å². The molecule has 0 fully saturated rings. The van der Waals surface area contributed by atoms with Crippen molar-refractivity contribution in [1.29, 1.82) is 0 Å². The van der Waals surface area contributed by atoms with Crippen molar-refractivity contribution in [1.82, 2.24) is 5.43 Å². The summed E-state index contributed by atoms with van der Waals surface area (Å²) in [6, 6.07) is 0.760. The van der Waals surface area contributed by atoms with Crippen LogP contribution in [0.5, 0.6) is 0 Å². The molecule has 1 aromatic carbocycles. The van der Waals surface area contributed by atoms with Crippen molar-refractivity contribution >= 4 is 0 Å². The second-order valence-corrected chi connectivity index (χ2v) is 2.68. The Bertz CT molecular complexity index is 315. The van der Waals surface area contributed by atoms with Crippen molar-refractivity contribution < 1.29 is 13.2 Å². The first-order chi connectivity index (χ1) is 6.06. The SMILES string of the molecule is CC(NN)c1cc(F)cc(F)c1F. The van der Waals surface area contributed by atoms with Gasteiger partial charge in [-0.25, -0.2) is 13.2 Å². The van der Waals surface area contributed by atoms with Gasteiger partial charge in [0.05, 0.1) is 0 Å². The molecule has 13 heavy (non-hydrogen) atoms. The summed E-state index contributed by atoms with van der Waals surface area (Å²) in [5.74, 6) is 1.90. The Kier molecular flexibility index (Phi) is 2.90. The monoisotopic (exact) mass is 190 g/mol. The molecule has 1 atom stereocenters. The van der Waals surface area contributed by atoms with Crippen LogP contribution in [0.3, 0.4) is 0 Å². The lowest BCUT2D eigenvalue weighted by Crippen LogP contribution is -2.26. The molecule has 1 rings (SSSR count). The van der Waals surface area contributed by atoms with Crippen LogP contribution in [0.15, 0.2) is 12.1 Å². The first-order valence-corrected chi connectivity index (χ1v) is 3.67. The number of nitrogens with two attached hydrogens (primary N) is 1. The maximum atomic E-state index is 13.0. The summed E-state index contributed by atoms with van der Waals surface area (Å²) in [7, 11) is 0. The zero-order chi connectivity index (χ0) is 10.0. The van der Waals surface area contributed by atoms with Crippen LogP contribution < -0.4 is 11.3 Å². The van der Waals surface area contributed by atoms with Gasteiger partial charge in [-0.2, -0.15) is 0 Å². The Morgan fingerprint density at radius 3 is 2.46 bits per heavy atom. The van der Waals surface area contributed by atoms with Crippen LogP contribution >= 0.6 is 0 Å². The van der Waals surface area contributed by atoms with Crippen LogP contribution in [-0.2, 0) is 0 Å². The van der Waals surface area contributed by atoms with Crippen LogP contribution in [0.25, 0.3) is 0 Å². The lowest BCUT2D eigenvalue weighted by molar-refractivity contribution is 0.464. The Labute approximate surface area is 73.5 Å². The molecule has 5 heteroatoms. The maximum Gasteiger partial charge on any atom is 0.163 e. The highest BCUT2D eigenvalue weighted by molar-refractivity contribution is 5.22. The zero-order valence-corrected chi connectivity index (χ0v) is 6.94. The van der Waals surface area contributed by atoms with Crippen LogP contribution in [0.1, 0.15) is 18.5 Å². The molecule has 0 aliphatic rings. The number of rotatable bonds is 2. The Balaban J connectivity index is 3.20. The van der Waals surface area contributed by atoms with Gasteiger partial charge >= 0.3 is 0 Å². The van der Waals surface area contributed by atoms with Gasteiger partial charge < -0.3 is 0 Å². The lowest BCUT2D eigenvalue weighted by Gasteiger charge is -2.11. The van der Waals surface area contributed by atoms with Crippen molar-refractivity contribution in [3.05, 3.63) is 35.1 Å². The molecular weight excluding hydrogens is 181 g/mol. The number of hydrogen-bond acceptors (Lipinski definition) is 2. The molecule has 0 amide bonds. The summed E-state index contributed by atoms with van der Waals surface area (Å²) in [4.78, 5) is 0. The smallest absolute Gasteiger partial charge is 0.163 e. The van der Waals surface area contributed by atoms with Gasteiger partial charge in [0.25, 0.3) is 0 Å². The van der Waals surface area contributed by atoms with E-state index in [-0.39, 0.29) is 5.56 Å². The van der Waals surface area contributed by atoms with Crippen LogP contribution in [-0.4, -0.2) is 0 Å². The zero-order valence-electron chi connectivity index (χ0n) is 6.94. The van der Waals surface area contributed by atoms with Crippen molar-refractivity contribution in [2.45, 2.75) is 13.0 Å².